The van der Waals surface area contributed by atoms with Crippen LogP contribution in [0.3, 0.4) is 0 Å². The van der Waals surface area contributed by atoms with E-state index in [4.69, 9.17) is 9.47 Å². The summed E-state index contributed by atoms with van der Waals surface area (Å²) >= 11 is 0. The van der Waals surface area contributed by atoms with Crippen LogP contribution in [-0.4, -0.2) is 61.6 Å². The zero-order valence-electron chi connectivity index (χ0n) is 18.0. The molecule has 2 aromatic heterocycles. The molecule has 0 radical (unpaired) electrons. The Morgan fingerprint density at radius 2 is 1.94 bits per heavy atom. The second kappa shape index (κ2) is 8.75. The Morgan fingerprint density at radius 3 is 2.59 bits per heavy atom. The fourth-order valence-corrected chi connectivity index (χ4v) is 4.13. The van der Waals surface area contributed by atoms with Crippen LogP contribution in [0.15, 0.2) is 18.5 Å². The third kappa shape index (κ3) is 5.35. The SMILES string of the molecule is CC(C)(C)OC(=O)N1[C@@H]2CC[C@H]1CC(Oc1cncc(Nc3cc(OC(F)F)n[nH]3)n1)C2. The third-order valence-electron chi connectivity index (χ3n) is 5.22. The van der Waals surface area contributed by atoms with Crippen LogP contribution in [0.25, 0.3) is 0 Å². The van der Waals surface area contributed by atoms with E-state index in [1.807, 2.05) is 25.7 Å². The second-order valence-electron chi connectivity index (χ2n) is 8.85. The predicted molar refractivity (Wildman–Crippen MR) is 109 cm³/mol. The highest BCUT2D eigenvalue weighted by molar-refractivity contribution is 5.69. The number of aromatic nitrogens is 4. The zero-order chi connectivity index (χ0) is 22.9. The molecule has 0 aliphatic carbocycles. The van der Waals surface area contributed by atoms with Crippen molar-refractivity contribution < 1.29 is 27.8 Å². The minimum Gasteiger partial charge on any atom is -0.473 e. The van der Waals surface area contributed by atoms with Gasteiger partial charge in [-0.2, -0.15) is 13.8 Å². The Bertz CT molecular complexity index is 936. The topological polar surface area (TPSA) is 114 Å². The second-order valence-corrected chi connectivity index (χ2v) is 8.85. The number of hydrogen-bond donors (Lipinski definition) is 2. The van der Waals surface area contributed by atoms with Gasteiger partial charge >= 0.3 is 12.7 Å². The number of H-pyrrole nitrogens is 1. The van der Waals surface area contributed by atoms with Crippen molar-refractivity contribution in [1.29, 1.82) is 0 Å². The molecule has 2 saturated heterocycles. The summed E-state index contributed by atoms with van der Waals surface area (Å²) < 4.78 is 40.4. The van der Waals surface area contributed by atoms with Crippen LogP contribution in [0.5, 0.6) is 11.8 Å². The molecular formula is C20H26F2N6O4. The van der Waals surface area contributed by atoms with Gasteiger partial charge in [0.05, 0.1) is 12.4 Å². The van der Waals surface area contributed by atoms with Crippen molar-refractivity contribution in [1.82, 2.24) is 25.1 Å². The molecule has 4 rings (SSSR count). The summed E-state index contributed by atoms with van der Waals surface area (Å²) in [6.45, 7) is 2.62. The summed E-state index contributed by atoms with van der Waals surface area (Å²) in [6, 6.07) is 1.42. The molecule has 10 nitrogen and oxygen atoms in total. The predicted octanol–water partition coefficient (Wildman–Crippen LogP) is 3.85. The fourth-order valence-electron chi connectivity index (χ4n) is 4.13. The number of ether oxygens (including phenoxy) is 3. The minimum absolute atomic E-state index is 0.0705. The maximum atomic E-state index is 12.6. The van der Waals surface area contributed by atoms with Gasteiger partial charge in [-0.15, -0.1) is 5.10 Å². The van der Waals surface area contributed by atoms with Gasteiger partial charge in [0, 0.05) is 31.0 Å². The first-order valence-electron chi connectivity index (χ1n) is 10.4. The number of hydrogen-bond acceptors (Lipinski definition) is 8. The summed E-state index contributed by atoms with van der Waals surface area (Å²) in [6.07, 6.45) is 5.80. The molecule has 0 spiro atoms. The maximum Gasteiger partial charge on any atom is 0.410 e. The summed E-state index contributed by atoms with van der Waals surface area (Å²) in [5, 5.41) is 9.04. The number of aromatic amines is 1. The smallest absolute Gasteiger partial charge is 0.410 e. The van der Waals surface area contributed by atoms with E-state index >= 15 is 0 Å². The number of nitrogens with one attached hydrogen (secondary N) is 2. The van der Waals surface area contributed by atoms with E-state index in [0.717, 1.165) is 12.8 Å². The Balaban J connectivity index is 1.36. The molecule has 4 heterocycles. The molecule has 2 aliphatic rings. The largest absolute Gasteiger partial charge is 0.473 e. The van der Waals surface area contributed by atoms with E-state index in [1.54, 1.807) is 0 Å². The average molecular weight is 452 g/mol. The number of rotatable bonds is 6. The fraction of sp³-hybridized carbons (Fsp3) is 0.600. The van der Waals surface area contributed by atoms with Gasteiger partial charge in [-0.3, -0.25) is 10.1 Å². The Labute approximate surface area is 183 Å². The van der Waals surface area contributed by atoms with Gasteiger partial charge in [-0.05, 0) is 33.6 Å². The van der Waals surface area contributed by atoms with Crippen molar-refractivity contribution in [3.05, 3.63) is 18.5 Å². The van der Waals surface area contributed by atoms with Crippen LogP contribution in [-0.2, 0) is 4.74 Å². The van der Waals surface area contributed by atoms with Crippen molar-refractivity contribution >= 4 is 17.7 Å². The number of fused-ring (bicyclic) bond motifs is 2. The lowest BCUT2D eigenvalue weighted by molar-refractivity contribution is -0.0528. The maximum absolute atomic E-state index is 12.6. The van der Waals surface area contributed by atoms with E-state index in [2.05, 4.69) is 30.2 Å². The van der Waals surface area contributed by atoms with Gasteiger partial charge in [0.25, 0.3) is 0 Å². The first-order valence-corrected chi connectivity index (χ1v) is 10.4. The number of anilines is 2. The quantitative estimate of drug-likeness (QED) is 0.679. The van der Waals surface area contributed by atoms with Gasteiger partial charge < -0.3 is 24.4 Å². The van der Waals surface area contributed by atoms with Crippen molar-refractivity contribution in [3.63, 3.8) is 0 Å². The molecule has 2 fully saturated rings. The molecule has 1 unspecified atom stereocenters. The van der Waals surface area contributed by atoms with Crippen LogP contribution in [0.4, 0.5) is 25.2 Å². The van der Waals surface area contributed by atoms with E-state index in [1.165, 1.54) is 18.5 Å². The lowest BCUT2D eigenvalue weighted by Gasteiger charge is -2.39. The van der Waals surface area contributed by atoms with Gasteiger partial charge in [0.2, 0.25) is 11.8 Å². The average Bonchev–Trinajstić information content (AvgIpc) is 3.22. The molecule has 0 saturated carbocycles. The van der Waals surface area contributed by atoms with Crippen molar-refractivity contribution in [2.24, 2.45) is 0 Å². The monoisotopic (exact) mass is 452 g/mol. The molecule has 0 aromatic carbocycles. The number of piperidine rings is 1. The van der Waals surface area contributed by atoms with Crippen LogP contribution in [0.1, 0.15) is 46.5 Å². The third-order valence-corrected chi connectivity index (χ3v) is 5.22. The van der Waals surface area contributed by atoms with Crippen LogP contribution >= 0.6 is 0 Å². The molecule has 174 valence electrons. The highest BCUT2D eigenvalue weighted by Gasteiger charge is 2.45. The highest BCUT2D eigenvalue weighted by atomic mass is 19.3. The normalized spacial score (nSPS) is 22.7. The van der Waals surface area contributed by atoms with Crippen LogP contribution in [0, 0.1) is 0 Å². The molecule has 2 N–H and O–H groups in total. The summed E-state index contributed by atoms with van der Waals surface area (Å²) in [5.41, 5.74) is -0.534. The van der Waals surface area contributed by atoms with Crippen LogP contribution < -0.4 is 14.8 Å². The highest BCUT2D eigenvalue weighted by Crippen LogP contribution is 2.38. The van der Waals surface area contributed by atoms with Crippen molar-refractivity contribution in [2.75, 3.05) is 5.32 Å². The van der Waals surface area contributed by atoms with E-state index in [0.29, 0.717) is 30.4 Å². The Hall–Kier alpha value is -3.18. The molecule has 2 bridgehead atoms. The standard InChI is InChI=1S/C20H26F2N6O4/c1-20(2,3)32-19(29)28-11-4-5-12(28)7-13(6-11)30-17-10-23-9-15(25-17)24-14-8-16(27-26-14)31-18(21)22/h8-13,18H,4-7H2,1-3H3,(H2,24,25,26,27)/t11-,12+,13?. The summed E-state index contributed by atoms with van der Waals surface area (Å²) in [7, 11) is 0. The van der Waals surface area contributed by atoms with Gasteiger partial charge in [0.15, 0.2) is 5.82 Å². The molecule has 32 heavy (non-hydrogen) atoms. The Kier molecular flexibility index (Phi) is 6.02. The molecule has 1 amide bonds. The molecule has 2 aromatic rings. The summed E-state index contributed by atoms with van der Waals surface area (Å²) in [4.78, 5) is 22.9. The first kappa shape index (κ1) is 22.0. The number of halogens is 2. The number of nitrogens with zero attached hydrogens (tertiary/aromatic N) is 4. The molecule has 12 heteroatoms. The number of carbonyl (C=O) groups excluding carboxylic acids is 1. The van der Waals surface area contributed by atoms with E-state index < -0.39 is 12.2 Å². The lowest BCUT2D eigenvalue weighted by atomic mass is 10.0. The Morgan fingerprint density at radius 1 is 1.22 bits per heavy atom. The van der Waals surface area contributed by atoms with Crippen molar-refractivity contribution in [2.45, 2.75) is 76.9 Å². The first-order chi connectivity index (χ1) is 15.2. The minimum atomic E-state index is -2.96. The van der Waals surface area contributed by atoms with Gasteiger partial charge in [-0.25, -0.2) is 4.79 Å². The lowest BCUT2D eigenvalue weighted by Crippen LogP contribution is -2.50. The summed E-state index contributed by atoms with van der Waals surface area (Å²) in [5.74, 6) is 0.753. The number of amides is 1. The van der Waals surface area contributed by atoms with Crippen molar-refractivity contribution in [3.8, 4) is 11.8 Å². The zero-order valence-corrected chi connectivity index (χ0v) is 18.0. The van der Waals surface area contributed by atoms with E-state index in [9.17, 15) is 13.6 Å². The van der Waals surface area contributed by atoms with E-state index in [-0.39, 0.29) is 30.2 Å². The number of carbonyl (C=O) groups is 1. The molecule has 2 aliphatic heterocycles. The van der Waals surface area contributed by atoms with Gasteiger partial charge in [-0.1, -0.05) is 0 Å². The van der Waals surface area contributed by atoms with Gasteiger partial charge in [0.1, 0.15) is 17.5 Å². The molecule has 3 atom stereocenters. The van der Waals surface area contributed by atoms with Crippen LogP contribution in [0.2, 0.25) is 0 Å². The number of alkyl halides is 2. The molecular weight excluding hydrogens is 426 g/mol.